The molecule has 0 atom stereocenters. The Bertz CT molecular complexity index is 428. The quantitative estimate of drug-likeness (QED) is 0.766. The predicted molar refractivity (Wildman–Crippen MR) is 52.2 cm³/mol. The molecule has 0 spiro atoms. The molecule has 2 aromatic heterocycles. The number of pyridine rings is 1. The number of aromatic hydroxyl groups is 1. The highest BCUT2D eigenvalue weighted by Crippen LogP contribution is 2.20. The molecule has 72 valence electrons. The molecule has 14 heavy (non-hydrogen) atoms. The molecule has 0 saturated carbocycles. The van der Waals surface area contributed by atoms with Crippen LogP contribution in [0.4, 0.5) is 0 Å². The summed E-state index contributed by atoms with van der Waals surface area (Å²) in [6.07, 6.45) is 5.23. The van der Waals surface area contributed by atoms with E-state index in [1.165, 1.54) is 6.07 Å². The van der Waals surface area contributed by atoms with E-state index in [0.29, 0.717) is 6.54 Å². The van der Waals surface area contributed by atoms with Crippen LogP contribution in [0.15, 0.2) is 30.9 Å². The lowest BCUT2D eigenvalue weighted by molar-refractivity contribution is 0.472. The van der Waals surface area contributed by atoms with Crippen molar-refractivity contribution in [1.82, 2.24) is 14.5 Å². The second-order valence-corrected chi connectivity index (χ2v) is 3.21. The third-order valence-corrected chi connectivity index (χ3v) is 2.07. The summed E-state index contributed by atoms with van der Waals surface area (Å²) < 4.78 is 1.87. The van der Waals surface area contributed by atoms with Crippen LogP contribution in [0, 0.1) is 0 Å². The maximum atomic E-state index is 9.16. The van der Waals surface area contributed by atoms with E-state index in [2.05, 4.69) is 9.97 Å². The number of nitrogens with zero attached hydrogens (tertiary/aromatic N) is 3. The molecule has 0 unspecified atom stereocenters. The number of aromatic nitrogens is 3. The van der Waals surface area contributed by atoms with Crippen molar-refractivity contribution < 1.29 is 5.11 Å². The van der Waals surface area contributed by atoms with Gasteiger partial charge in [0.1, 0.15) is 0 Å². The smallest absolute Gasteiger partial charge is 0.171 e. The molecule has 2 heterocycles. The van der Waals surface area contributed by atoms with Crippen LogP contribution >= 0.6 is 11.6 Å². The minimum atomic E-state index is 0.000970. The fraction of sp³-hybridized carbons (Fsp3) is 0.111. The summed E-state index contributed by atoms with van der Waals surface area (Å²) in [7, 11) is 0. The van der Waals surface area contributed by atoms with Crippen LogP contribution in [0.3, 0.4) is 0 Å². The Labute approximate surface area is 85.8 Å². The van der Waals surface area contributed by atoms with Crippen LogP contribution in [0.2, 0.25) is 5.15 Å². The first-order valence-electron chi connectivity index (χ1n) is 4.06. The molecule has 0 aromatic carbocycles. The highest BCUT2D eigenvalue weighted by atomic mass is 35.5. The molecule has 0 aliphatic carbocycles. The van der Waals surface area contributed by atoms with E-state index in [1.807, 2.05) is 10.8 Å². The van der Waals surface area contributed by atoms with E-state index in [-0.39, 0.29) is 10.9 Å². The van der Waals surface area contributed by atoms with E-state index in [1.54, 1.807) is 18.6 Å². The van der Waals surface area contributed by atoms with Crippen molar-refractivity contribution in [2.45, 2.75) is 6.54 Å². The lowest BCUT2D eigenvalue weighted by Gasteiger charge is -2.02. The van der Waals surface area contributed by atoms with Gasteiger partial charge in [0.15, 0.2) is 10.9 Å². The van der Waals surface area contributed by atoms with Crippen molar-refractivity contribution in [3.63, 3.8) is 0 Å². The summed E-state index contributed by atoms with van der Waals surface area (Å²) >= 11 is 5.67. The summed E-state index contributed by atoms with van der Waals surface area (Å²) in [5.41, 5.74) is 0.783. The van der Waals surface area contributed by atoms with Gasteiger partial charge in [0.05, 0.1) is 18.6 Å². The van der Waals surface area contributed by atoms with Gasteiger partial charge in [0.2, 0.25) is 0 Å². The SMILES string of the molecule is Oc1ccc(Cn2ccnc2)nc1Cl. The lowest BCUT2D eigenvalue weighted by Crippen LogP contribution is -1.98. The van der Waals surface area contributed by atoms with Crippen molar-refractivity contribution in [3.8, 4) is 5.75 Å². The molecule has 0 amide bonds. The average Bonchev–Trinajstić information content (AvgIpc) is 2.64. The summed E-state index contributed by atoms with van der Waals surface area (Å²) in [6, 6.07) is 3.25. The van der Waals surface area contributed by atoms with E-state index in [0.717, 1.165) is 5.69 Å². The molecule has 1 N–H and O–H groups in total. The first kappa shape index (κ1) is 9.02. The van der Waals surface area contributed by atoms with Gasteiger partial charge in [-0.3, -0.25) is 0 Å². The van der Waals surface area contributed by atoms with Gasteiger partial charge in [-0.25, -0.2) is 9.97 Å². The molecule has 0 fully saturated rings. The topological polar surface area (TPSA) is 50.9 Å². The highest BCUT2D eigenvalue weighted by molar-refractivity contribution is 6.30. The first-order valence-corrected chi connectivity index (χ1v) is 4.43. The largest absolute Gasteiger partial charge is 0.505 e. The van der Waals surface area contributed by atoms with Gasteiger partial charge in [-0.2, -0.15) is 0 Å². The zero-order valence-electron chi connectivity index (χ0n) is 7.26. The Kier molecular flexibility index (Phi) is 2.37. The van der Waals surface area contributed by atoms with Crippen molar-refractivity contribution >= 4 is 11.6 Å². The third kappa shape index (κ3) is 1.85. The van der Waals surface area contributed by atoms with Crippen LogP contribution in [0.5, 0.6) is 5.75 Å². The first-order chi connectivity index (χ1) is 6.75. The van der Waals surface area contributed by atoms with Gasteiger partial charge in [0.25, 0.3) is 0 Å². The monoisotopic (exact) mass is 209 g/mol. The maximum Gasteiger partial charge on any atom is 0.171 e. The number of hydrogen-bond acceptors (Lipinski definition) is 3. The zero-order valence-corrected chi connectivity index (χ0v) is 8.02. The van der Waals surface area contributed by atoms with Crippen LogP contribution in [0.1, 0.15) is 5.69 Å². The van der Waals surface area contributed by atoms with E-state index in [4.69, 9.17) is 16.7 Å². The van der Waals surface area contributed by atoms with Crippen LogP contribution in [-0.4, -0.2) is 19.6 Å². The van der Waals surface area contributed by atoms with E-state index < -0.39 is 0 Å². The highest BCUT2D eigenvalue weighted by Gasteiger charge is 2.01. The molecule has 4 nitrogen and oxygen atoms in total. The minimum Gasteiger partial charge on any atom is -0.505 e. The molecular formula is C9H8ClN3O. The molecule has 2 aromatic rings. The number of hydrogen-bond donors (Lipinski definition) is 1. The number of imidazole rings is 1. The van der Waals surface area contributed by atoms with Gasteiger partial charge in [-0.05, 0) is 12.1 Å². The van der Waals surface area contributed by atoms with Gasteiger partial charge in [-0.1, -0.05) is 11.6 Å². The van der Waals surface area contributed by atoms with Gasteiger partial charge in [0, 0.05) is 12.4 Å². The molecule has 0 saturated heterocycles. The summed E-state index contributed by atoms with van der Waals surface area (Å²) in [6.45, 7) is 0.597. The Morgan fingerprint density at radius 2 is 2.29 bits per heavy atom. The van der Waals surface area contributed by atoms with Gasteiger partial charge >= 0.3 is 0 Å². The van der Waals surface area contributed by atoms with Crippen LogP contribution < -0.4 is 0 Å². The third-order valence-electron chi connectivity index (χ3n) is 1.79. The van der Waals surface area contributed by atoms with Crippen LogP contribution in [0.25, 0.3) is 0 Å². The lowest BCUT2D eigenvalue weighted by atomic mass is 10.3. The molecule has 0 aliphatic heterocycles. The minimum absolute atomic E-state index is 0.000970. The fourth-order valence-corrected chi connectivity index (χ4v) is 1.29. The standard InChI is InChI=1S/C9H8ClN3O/c10-9-8(14)2-1-7(12-9)5-13-4-3-11-6-13/h1-4,6,14H,5H2. The second kappa shape index (κ2) is 3.67. The fourth-order valence-electron chi connectivity index (χ4n) is 1.12. The normalized spacial score (nSPS) is 10.4. The Hall–Kier alpha value is -1.55. The van der Waals surface area contributed by atoms with E-state index in [9.17, 15) is 0 Å². The number of halogens is 1. The number of rotatable bonds is 2. The molecule has 0 radical (unpaired) electrons. The van der Waals surface area contributed by atoms with E-state index >= 15 is 0 Å². The summed E-state index contributed by atoms with van der Waals surface area (Å²) in [4.78, 5) is 7.93. The Morgan fingerprint density at radius 3 is 2.93 bits per heavy atom. The maximum absolute atomic E-state index is 9.16. The summed E-state index contributed by atoms with van der Waals surface area (Å²) in [5, 5.41) is 9.28. The molecular weight excluding hydrogens is 202 g/mol. The molecule has 5 heteroatoms. The molecule has 2 rings (SSSR count). The molecule has 0 bridgehead atoms. The van der Waals surface area contributed by atoms with Crippen LogP contribution in [-0.2, 0) is 6.54 Å². The Balaban J connectivity index is 2.22. The van der Waals surface area contributed by atoms with Crippen molar-refractivity contribution in [2.75, 3.05) is 0 Å². The van der Waals surface area contributed by atoms with Gasteiger partial charge in [-0.15, -0.1) is 0 Å². The molecule has 0 aliphatic rings. The summed E-state index contributed by atoms with van der Waals surface area (Å²) in [5.74, 6) is 0.000970. The van der Waals surface area contributed by atoms with Crippen molar-refractivity contribution in [2.24, 2.45) is 0 Å². The van der Waals surface area contributed by atoms with Gasteiger partial charge < -0.3 is 9.67 Å². The predicted octanol–water partition coefficient (Wildman–Crippen LogP) is 1.69. The average molecular weight is 210 g/mol. The Morgan fingerprint density at radius 1 is 1.43 bits per heavy atom. The second-order valence-electron chi connectivity index (χ2n) is 2.85. The van der Waals surface area contributed by atoms with Crippen molar-refractivity contribution in [1.29, 1.82) is 0 Å². The zero-order chi connectivity index (χ0) is 9.97. The van der Waals surface area contributed by atoms with Crippen molar-refractivity contribution in [3.05, 3.63) is 41.7 Å².